The summed E-state index contributed by atoms with van der Waals surface area (Å²) in [6.45, 7) is 0.813. The van der Waals surface area contributed by atoms with E-state index in [0.717, 1.165) is 11.3 Å². The maximum Gasteiger partial charge on any atom is 0.252 e. The Kier molecular flexibility index (Phi) is 6.17. The highest BCUT2D eigenvalue weighted by Crippen LogP contribution is 2.18. The number of nitrogens with one attached hydrogen (secondary N) is 1. The Hall–Kier alpha value is -2.92. The first-order chi connectivity index (χ1) is 12.7. The predicted molar refractivity (Wildman–Crippen MR) is 105 cm³/mol. The fourth-order valence-corrected chi connectivity index (χ4v) is 3.25. The van der Waals surface area contributed by atoms with Gasteiger partial charge in [0.25, 0.3) is 5.91 Å². The van der Waals surface area contributed by atoms with Crippen LogP contribution < -0.4 is 10.2 Å². The third kappa shape index (κ3) is 4.80. The Bertz CT molecular complexity index is 833. The van der Waals surface area contributed by atoms with Crippen LogP contribution in [0.2, 0.25) is 0 Å². The van der Waals surface area contributed by atoms with E-state index >= 15 is 0 Å². The van der Waals surface area contributed by atoms with E-state index in [0.29, 0.717) is 18.7 Å². The minimum Gasteiger partial charge on any atom is -0.351 e. The van der Waals surface area contributed by atoms with Crippen LogP contribution >= 0.6 is 11.3 Å². The fraction of sp³-hybridized carbons (Fsp3) is 0.143. The van der Waals surface area contributed by atoms with Gasteiger partial charge in [0.2, 0.25) is 5.91 Å². The van der Waals surface area contributed by atoms with Crippen molar-refractivity contribution in [2.24, 2.45) is 0 Å². The molecule has 0 atom stereocenters. The van der Waals surface area contributed by atoms with Crippen LogP contribution in [0.3, 0.4) is 0 Å². The second-order valence-electron chi connectivity index (χ2n) is 5.82. The number of carbonyl (C=O) groups is 2. The van der Waals surface area contributed by atoms with Crippen LogP contribution in [0, 0.1) is 0 Å². The summed E-state index contributed by atoms with van der Waals surface area (Å²) in [6.07, 6.45) is 0.248. The van der Waals surface area contributed by atoms with Gasteiger partial charge in [0.1, 0.15) is 0 Å². The maximum absolute atomic E-state index is 12.8. The summed E-state index contributed by atoms with van der Waals surface area (Å²) in [5.41, 5.74) is 2.55. The van der Waals surface area contributed by atoms with Crippen LogP contribution in [0.4, 0.5) is 5.69 Å². The van der Waals surface area contributed by atoms with E-state index in [1.165, 1.54) is 11.3 Å². The molecule has 132 valence electrons. The molecule has 3 aromatic rings. The molecule has 0 unspecified atom stereocenters. The molecule has 26 heavy (non-hydrogen) atoms. The number of amides is 2. The molecule has 0 fully saturated rings. The third-order valence-corrected chi connectivity index (χ3v) is 4.64. The SMILES string of the molecule is O=C(NCCC(=O)N(Cc1ccccc1)c1ccccc1)c1ccsc1. The number of benzene rings is 2. The van der Waals surface area contributed by atoms with Gasteiger partial charge in [0.15, 0.2) is 0 Å². The predicted octanol–water partition coefficient (Wildman–Crippen LogP) is 4.10. The first kappa shape index (κ1) is 17.9. The molecule has 2 amide bonds. The molecule has 4 nitrogen and oxygen atoms in total. The Morgan fingerprint density at radius 1 is 0.923 bits per heavy atom. The molecular weight excluding hydrogens is 344 g/mol. The number of thiophene rings is 1. The first-order valence-electron chi connectivity index (χ1n) is 8.44. The molecule has 0 bridgehead atoms. The molecular formula is C21H20N2O2S. The van der Waals surface area contributed by atoms with Crippen molar-refractivity contribution in [2.45, 2.75) is 13.0 Å². The van der Waals surface area contributed by atoms with E-state index in [1.54, 1.807) is 16.3 Å². The maximum atomic E-state index is 12.8. The molecule has 0 spiro atoms. The summed E-state index contributed by atoms with van der Waals surface area (Å²) in [5.74, 6) is -0.168. The summed E-state index contributed by atoms with van der Waals surface area (Å²) >= 11 is 1.48. The van der Waals surface area contributed by atoms with Crippen LogP contribution in [0.1, 0.15) is 22.3 Å². The van der Waals surface area contributed by atoms with E-state index in [4.69, 9.17) is 0 Å². The Labute approximate surface area is 157 Å². The van der Waals surface area contributed by atoms with Crippen LogP contribution in [0.5, 0.6) is 0 Å². The lowest BCUT2D eigenvalue weighted by molar-refractivity contribution is -0.118. The number of carbonyl (C=O) groups excluding carboxylic acids is 2. The standard InChI is InChI=1S/C21H20N2O2S/c24-20(11-13-22-21(25)18-12-14-26-16-18)23(19-9-5-2-6-10-19)15-17-7-3-1-4-8-17/h1-10,12,14,16H,11,13,15H2,(H,22,25). The zero-order valence-corrected chi connectivity index (χ0v) is 15.1. The normalized spacial score (nSPS) is 10.3. The van der Waals surface area contributed by atoms with Gasteiger partial charge in [0.05, 0.1) is 6.54 Å². The zero-order valence-electron chi connectivity index (χ0n) is 14.3. The quantitative estimate of drug-likeness (QED) is 0.686. The summed E-state index contributed by atoms with van der Waals surface area (Å²) < 4.78 is 0. The summed E-state index contributed by atoms with van der Waals surface area (Å²) in [5, 5.41) is 6.46. The Balaban J connectivity index is 1.64. The van der Waals surface area contributed by atoms with Crippen molar-refractivity contribution in [3.8, 4) is 0 Å². The molecule has 5 heteroatoms. The lowest BCUT2D eigenvalue weighted by atomic mass is 10.2. The number of para-hydroxylation sites is 1. The second kappa shape index (κ2) is 8.97. The van der Waals surface area contributed by atoms with Crippen molar-refractivity contribution in [1.29, 1.82) is 0 Å². The van der Waals surface area contributed by atoms with E-state index in [9.17, 15) is 9.59 Å². The number of nitrogens with zero attached hydrogens (tertiary/aromatic N) is 1. The average Bonchev–Trinajstić information content (AvgIpc) is 3.22. The van der Waals surface area contributed by atoms with E-state index in [-0.39, 0.29) is 18.2 Å². The molecule has 0 radical (unpaired) electrons. The molecule has 1 heterocycles. The number of anilines is 1. The fourth-order valence-electron chi connectivity index (χ4n) is 2.61. The van der Waals surface area contributed by atoms with Crippen molar-refractivity contribution in [3.05, 3.63) is 88.6 Å². The Morgan fingerprint density at radius 2 is 1.62 bits per heavy atom. The molecule has 0 aliphatic carbocycles. The number of hydrogen-bond donors (Lipinski definition) is 1. The van der Waals surface area contributed by atoms with Gasteiger partial charge in [0, 0.05) is 29.6 Å². The van der Waals surface area contributed by atoms with Crippen molar-refractivity contribution >= 4 is 28.8 Å². The minimum atomic E-state index is -0.145. The largest absolute Gasteiger partial charge is 0.351 e. The van der Waals surface area contributed by atoms with Crippen LogP contribution in [-0.2, 0) is 11.3 Å². The number of rotatable bonds is 7. The van der Waals surface area contributed by atoms with Crippen molar-refractivity contribution in [3.63, 3.8) is 0 Å². The molecule has 1 aromatic heterocycles. The zero-order chi connectivity index (χ0) is 18.2. The summed E-state index contributed by atoms with van der Waals surface area (Å²) in [7, 11) is 0. The molecule has 0 saturated heterocycles. The van der Waals surface area contributed by atoms with Crippen LogP contribution in [0.25, 0.3) is 0 Å². The third-order valence-electron chi connectivity index (χ3n) is 3.96. The van der Waals surface area contributed by atoms with Gasteiger partial charge >= 0.3 is 0 Å². The summed E-state index contributed by atoms with van der Waals surface area (Å²) in [4.78, 5) is 26.5. The highest BCUT2D eigenvalue weighted by atomic mass is 32.1. The molecule has 0 saturated carbocycles. The van der Waals surface area contributed by atoms with E-state index in [2.05, 4.69) is 5.32 Å². The van der Waals surface area contributed by atoms with Crippen molar-refractivity contribution < 1.29 is 9.59 Å². The highest BCUT2D eigenvalue weighted by molar-refractivity contribution is 7.08. The van der Waals surface area contributed by atoms with Gasteiger partial charge in [-0.25, -0.2) is 0 Å². The minimum absolute atomic E-state index is 0.0225. The summed E-state index contributed by atoms with van der Waals surface area (Å²) in [6, 6.07) is 21.3. The number of hydrogen-bond acceptors (Lipinski definition) is 3. The van der Waals surface area contributed by atoms with Gasteiger partial charge in [-0.15, -0.1) is 0 Å². The highest BCUT2D eigenvalue weighted by Gasteiger charge is 2.16. The molecule has 1 N–H and O–H groups in total. The van der Waals surface area contributed by atoms with Crippen LogP contribution in [-0.4, -0.2) is 18.4 Å². The molecule has 0 aliphatic rings. The van der Waals surface area contributed by atoms with Crippen molar-refractivity contribution in [1.82, 2.24) is 5.32 Å². The monoisotopic (exact) mass is 364 g/mol. The smallest absolute Gasteiger partial charge is 0.252 e. The second-order valence-corrected chi connectivity index (χ2v) is 6.60. The van der Waals surface area contributed by atoms with Gasteiger partial charge < -0.3 is 10.2 Å². The average molecular weight is 364 g/mol. The first-order valence-corrected chi connectivity index (χ1v) is 9.38. The molecule has 0 aliphatic heterocycles. The van der Waals surface area contributed by atoms with Gasteiger partial charge in [-0.3, -0.25) is 9.59 Å². The molecule has 2 aromatic carbocycles. The Morgan fingerprint density at radius 3 is 2.27 bits per heavy atom. The van der Waals surface area contributed by atoms with Crippen molar-refractivity contribution in [2.75, 3.05) is 11.4 Å². The van der Waals surface area contributed by atoms with E-state index in [1.807, 2.05) is 66.0 Å². The molecule has 3 rings (SSSR count). The topological polar surface area (TPSA) is 49.4 Å². The van der Waals surface area contributed by atoms with Gasteiger partial charge in [-0.1, -0.05) is 48.5 Å². The van der Waals surface area contributed by atoms with Crippen LogP contribution in [0.15, 0.2) is 77.5 Å². The van der Waals surface area contributed by atoms with E-state index < -0.39 is 0 Å². The lowest BCUT2D eigenvalue weighted by Gasteiger charge is -2.23. The van der Waals surface area contributed by atoms with Gasteiger partial charge in [-0.05, 0) is 29.1 Å². The lowest BCUT2D eigenvalue weighted by Crippen LogP contribution is -2.34. The van der Waals surface area contributed by atoms with Gasteiger partial charge in [-0.2, -0.15) is 11.3 Å².